The summed E-state index contributed by atoms with van der Waals surface area (Å²) in [4.78, 5) is 0. The number of halogens is 1. The van der Waals surface area contributed by atoms with E-state index < -0.39 is 6.10 Å². The average molecular weight is 238 g/mol. The lowest BCUT2D eigenvalue weighted by Gasteiger charge is -2.22. The Morgan fingerprint density at radius 2 is 2.00 bits per heavy atom. The minimum absolute atomic E-state index is 0.260. The van der Waals surface area contributed by atoms with Crippen LogP contribution in [0.5, 0.6) is 5.75 Å². The van der Waals surface area contributed by atoms with E-state index >= 15 is 0 Å². The van der Waals surface area contributed by atoms with Crippen molar-refractivity contribution in [3.05, 3.63) is 29.6 Å². The number of ether oxygens (including phenoxy) is 1. The predicted octanol–water partition coefficient (Wildman–Crippen LogP) is 3.21. The van der Waals surface area contributed by atoms with E-state index in [9.17, 15) is 9.50 Å². The molecule has 0 amide bonds. The standard InChI is InChI=1S/C14H19FO2/c1-10-7-8-11(15)14(9-10)17-13-6-4-2-3-5-12(13)16/h7-9,12-13,16H,2-6H2,1H3. The molecule has 0 spiro atoms. The number of benzene rings is 1. The van der Waals surface area contributed by atoms with Crippen molar-refractivity contribution < 1.29 is 14.2 Å². The van der Waals surface area contributed by atoms with Crippen molar-refractivity contribution in [2.24, 2.45) is 0 Å². The van der Waals surface area contributed by atoms with E-state index in [0.29, 0.717) is 0 Å². The van der Waals surface area contributed by atoms with E-state index in [-0.39, 0.29) is 17.7 Å². The summed E-state index contributed by atoms with van der Waals surface area (Å²) in [5.41, 5.74) is 0.963. The van der Waals surface area contributed by atoms with E-state index in [1.54, 1.807) is 12.1 Å². The summed E-state index contributed by atoms with van der Waals surface area (Å²) >= 11 is 0. The molecule has 1 aromatic rings. The van der Waals surface area contributed by atoms with Gasteiger partial charge in [0, 0.05) is 0 Å². The molecular formula is C14H19FO2. The maximum absolute atomic E-state index is 13.5. The molecule has 2 atom stereocenters. The largest absolute Gasteiger partial charge is 0.485 e. The van der Waals surface area contributed by atoms with Crippen LogP contribution in [0.2, 0.25) is 0 Å². The molecule has 0 saturated heterocycles. The highest BCUT2D eigenvalue weighted by Gasteiger charge is 2.24. The lowest BCUT2D eigenvalue weighted by molar-refractivity contribution is 0.0297. The Morgan fingerprint density at radius 3 is 2.82 bits per heavy atom. The van der Waals surface area contributed by atoms with Gasteiger partial charge in [-0.15, -0.1) is 0 Å². The third-order valence-corrected chi connectivity index (χ3v) is 3.28. The average Bonchev–Trinajstić information content (AvgIpc) is 2.50. The summed E-state index contributed by atoms with van der Waals surface area (Å²) in [6.45, 7) is 1.90. The van der Waals surface area contributed by atoms with E-state index in [0.717, 1.165) is 37.7 Å². The first-order valence-corrected chi connectivity index (χ1v) is 6.27. The molecule has 0 aromatic heterocycles. The summed E-state index contributed by atoms with van der Waals surface area (Å²) < 4.78 is 19.2. The highest BCUT2D eigenvalue weighted by atomic mass is 19.1. The van der Waals surface area contributed by atoms with Gasteiger partial charge in [-0.25, -0.2) is 4.39 Å². The molecule has 1 aliphatic carbocycles. The van der Waals surface area contributed by atoms with Gasteiger partial charge in [-0.2, -0.15) is 0 Å². The fraction of sp³-hybridized carbons (Fsp3) is 0.571. The van der Waals surface area contributed by atoms with Gasteiger partial charge in [-0.3, -0.25) is 0 Å². The number of aliphatic hydroxyl groups excluding tert-OH is 1. The topological polar surface area (TPSA) is 29.5 Å². The minimum atomic E-state index is -0.475. The van der Waals surface area contributed by atoms with Crippen LogP contribution in [0.25, 0.3) is 0 Å². The number of hydrogen-bond donors (Lipinski definition) is 1. The Morgan fingerprint density at radius 1 is 1.24 bits per heavy atom. The summed E-state index contributed by atoms with van der Waals surface area (Å²) in [5, 5.41) is 9.92. The molecule has 1 saturated carbocycles. The second-order valence-electron chi connectivity index (χ2n) is 4.80. The fourth-order valence-electron chi connectivity index (χ4n) is 2.26. The van der Waals surface area contributed by atoms with Crippen LogP contribution in [0.15, 0.2) is 18.2 Å². The summed E-state index contributed by atoms with van der Waals surface area (Å²) in [6, 6.07) is 4.81. The van der Waals surface area contributed by atoms with Crippen LogP contribution in [-0.4, -0.2) is 17.3 Å². The molecule has 94 valence electrons. The molecule has 3 heteroatoms. The molecule has 0 bridgehead atoms. The Balaban J connectivity index is 2.10. The van der Waals surface area contributed by atoms with Gasteiger partial charge in [0.05, 0.1) is 6.10 Å². The fourth-order valence-corrected chi connectivity index (χ4v) is 2.26. The zero-order valence-corrected chi connectivity index (χ0v) is 10.2. The molecule has 1 aromatic carbocycles. The van der Waals surface area contributed by atoms with Crippen LogP contribution in [0.1, 0.15) is 37.7 Å². The third-order valence-electron chi connectivity index (χ3n) is 3.28. The van der Waals surface area contributed by atoms with Crippen molar-refractivity contribution in [2.75, 3.05) is 0 Å². The van der Waals surface area contributed by atoms with Crippen LogP contribution in [-0.2, 0) is 0 Å². The lowest BCUT2D eigenvalue weighted by atomic mass is 10.1. The molecule has 2 unspecified atom stereocenters. The molecule has 0 radical (unpaired) electrons. The highest BCUT2D eigenvalue weighted by molar-refractivity contribution is 5.29. The molecule has 1 fully saturated rings. The van der Waals surface area contributed by atoms with Gasteiger partial charge in [-0.1, -0.05) is 18.9 Å². The molecule has 17 heavy (non-hydrogen) atoms. The van der Waals surface area contributed by atoms with Crippen molar-refractivity contribution in [1.29, 1.82) is 0 Å². The first-order chi connectivity index (χ1) is 8.16. The van der Waals surface area contributed by atoms with Gasteiger partial charge in [-0.05, 0) is 43.9 Å². The monoisotopic (exact) mass is 238 g/mol. The molecule has 2 nitrogen and oxygen atoms in total. The van der Waals surface area contributed by atoms with Gasteiger partial charge in [0.2, 0.25) is 0 Å². The van der Waals surface area contributed by atoms with E-state index in [1.165, 1.54) is 6.07 Å². The van der Waals surface area contributed by atoms with Gasteiger partial charge < -0.3 is 9.84 Å². The third kappa shape index (κ3) is 3.19. The van der Waals surface area contributed by atoms with Crippen LogP contribution in [0.4, 0.5) is 4.39 Å². The number of rotatable bonds is 2. The molecule has 0 aliphatic heterocycles. The first-order valence-electron chi connectivity index (χ1n) is 6.27. The lowest BCUT2D eigenvalue weighted by Crippen LogP contribution is -2.30. The van der Waals surface area contributed by atoms with Crippen molar-refractivity contribution in [1.82, 2.24) is 0 Å². The van der Waals surface area contributed by atoms with Gasteiger partial charge >= 0.3 is 0 Å². The van der Waals surface area contributed by atoms with Crippen LogP contribution >= 0.6 is 0 Å². The summed E-state index contributed by atoms with van der Waals surface area (Å²) in [5.74, 6) is -0.0944. The summed E-state index contributed by atoms with van der Waals surface area (Å²) in [6.07, 6.45) is 3.98. The van der Waals surface area contributed by atoms with Gasteiger partial charge in [0.25, 0.3) is 0 Å². The first kappa shape index (κ1) is 12.4. The Labute approximate surface area is 101 Å². The normalized spacial score (nSPS) is 25.4. The van der Waals surface area contributed by atoms with Crippen molar-refractivity contribution >= 4 is 0 Å². The number of aliphatic hydroxyl groups is 1. The maximum atomic E-state index is 13.5. The Bertz CT molecular complexity index is 378. The molecule has 1 N–H and O–H groups in total. The van der Waals surface area contributed by atoms with Crippen molar-refractivity contribution in [2.45, 2.75) is 51.2 Å². The van der Waals surface area contributed by atoms with E-state index in [1.807, 2.05) is 6.92 Å². The quantitative estimate of drug-likeness (QED) is 0.802. The van der Waals surface area contributed by atoms with Crippen molar-refractivity contribution in [3.63, 3.8) is 0 Å². The molecular weight excluding hydrogens is 219 g/mol. The maximum Gasteiger partial charge on any atom is 0.165 e. The highest BCUT2D eigenvalue weighted by Crippen LogP contribution is 2.25. The minimum Gasteiger partial charge on any atom is -0.485 e. The summed E-state index contributed by atoms with van der Waals surface area (Å²) in [7, 11) is 0. The van der Waals surface area contributed by atoms with Gasteiger partial charge in [0.1, 0.15) is 6.10 Å². The molecule has 0 heterocycles. The van der Waals surface area contributed by atoms with Crippen molar-refractivity contribution in [3.8, 4) is 5.75 Å². The Hall–Kier alpha value is -1.09. The van der Waals surface area contributed by atoms with Gasteiger partial charge in [0.15, 0.2) is 11.6 Å². The van der Waals surface area contributed by atoms with E-state index in [4.69, 9.17) is 4.74 Å². The van der Waals surface area contributed by atoms with Crippen LogP contribution in [0, 0.1) is 12.7 Å². The molecule has 1 aliphatic rings. The zero-order chi connectivity index (χ0) is 12.3. The van der Waals surface area contributed by atoms with Crippen LogP contribution < -0.4 is 4.74 Å². The zero-order valence-electron chi connectivity index (χ0n) is 10.2. The van der Waals surface area contributed by atoms with E-state index in [2.05, 4.69) is 0 Å². The SMILES string of the molecule is Cc1ccc(F)c(OC2CCCCCC2O)c1. The number of hydrogen-bond acceptors (Lipinski definition) is 2. The second-order valence-corrected chi connectivity index (χ2v) is 4.80. The Kier molecular flexibility index (Phi) is 4.00. The second kappa shape index (κ2) is 5.50. The molecule has 2 rings (SSSR count). The predicted molar refractivity (Wildman–Crippen MR) is 64.6 cm³/mol. The van der Waals surface area contributed by atoms with Crippen LogP contribution in [0.3, 0.4) is 0 Å². The number of aryl methyl sites for hydroxylation is 1. The smallest absolute Gasteiger partial charge is 0.165 e.